The highest BCUT2D eigenvalue weighted by atomic mass is 35.5. The van der Waals surface area contributed by atoms with Crippen LogP contribution in [-0.4, -0.2) is 61.0 Å². The lowest BCUT2D eigenvalue weighted by Gasteiger charge is -2.41. The van der Waals surface area contributed by atoms with Crippen molar-refractivity contribution >= 4 is 29.9 Å². The molecule has 2 aliphatic heterocycles. The van der Waals surface area contributed by atoms with Crippen LogP contribution in [0.5, 0.6) is 0 Å². The largest absolute Gasteiger partial charge is 0.399 e. The second kappa shape index (κ2) is 8.84. The second-order valence-corrected chi connectivity index (χ2v) is 6.86. The van der Waals surface area contributed by atoms with E-state index < -0.39 is 5.41 Å². The van der Waals surface area contributed by atoms with Crippen molar-refractivity contribution in [3.05, 3.63) is 29.8 Å². The Morgan fingerprint density at radius 1 is 1.12 bits per heavy atom. The molecule has 0 saturated carbocycles. The Balaban J connectivity index is 0.00000243. The minimum absolute atomic E-state index is 0. The summed E-state index contributed by atoms with van der Waals surface area (Å²) in [7, 11) is 0. The molecule has 0 spiro atoms. The number of rotatable bonds is 5. The standard InChI is InChI=1S/C19H27N3O3.ClH/c1-2-19(15-3-5-16(20)6-4-15)8-7-17(23)22(18(19)24)10-9-21-11-13-25-14-12-21;/h3-6H,2,7-14,20H2,1H3;1H. The summed E-state index contributed by atoms with van der Waals surface area (Å²) in [6, 6.07) is 7.50. The maximum absolute atomic E-state index is 13.3. The van der Waals surface area contributed by atoms with Crippen LogP contribution in [-0.2, 0) is 19.7 Å². The molecule has 2 amide bonds. The van der Waals surface area contributed by atoms with Gasteiger partial charge < -0.3 is 10.5 Å². The van der Waals surface area contributed by atoms with Gasteiger partial charge in [0.1, 0.15) is 0 Å². The number of carbonyl (C=O) groups excluding carboxylic acids is 2. The van der Waals surface area contributed by atoms with Gasteiger partial charge in [-0.3, -0.25) is 19.4 Å². The summed E-state index contributed by atoms with van der Waals surface area (Å²) in [6.07, 6.45) is 1.66. The first-order valence-electron chi connectivity index (χ1n) is 9.08. The molecule has 26 heavy (non-hydrogen) atoms. The summed E-state index contributed by atoms with van der Waals surface area (Å²) in [4.78, 5) is 29.4. The van der Waals surface area contributed by atoms with Gasteiger partial charge in [-0.15, -0.1) is 12.4 Å². The number of ether oxygens (including phenoxy) is 1. The highest BCUT2D eigenvalue weighted by Gasteiger charge is 2.46. The maximum Gasteiger partial charge on any atom is 0.239 e. The molecule has 0 bridgehead atoms. The minimum atomic E-state index is -0.618. The van der Waals surface area contributed by atoms with Crippen molar-refractivity contribution in [2.24, 2.45) is 0 Å². The van der Waals surface area contributed by atoms with E-state index in [0.29, 0.717) is 51.3 Å². The molecule has 1 aromatic rings. The molecule has 2 aliphatic rings. The molecular weight excluding hydrogens is 354 g/mol. The third-order valence-corrected chi connectivity index (χ3v) is 5.53. The zero-order valence-corrected chi connectivity index (χ0v) is 16.1. The van der Waals surface area contributed by atoms with Crippen LogP contribution in [0.2, 0.25) is 0 Å². The summed E-state index contributed by atoms with van der Waals surface area (Å²) >= 11 is 0. The van der Waals surface area contributed by atoms with Crippen LogP contribution < -0.4 is 5.73 Å². The van der Waals surface area contributed by atoms with E-state index in [4.69, 9.17) is 10.5 Å². The summed E-state index contributed by atoms with van der Waals surface area (Å²) in [5.41, 5.74) is 6.81. The van der Waals surface area contributed by atoms with Crippen LogP contribution >= 0.6 is 12.4 Å². The number of amides is 2. The van der Waals surface area contributed by atoms with E-state index in [0.717, 1.165) is 18.7 Å². The molecule has 2 N–H and O–H groups in total. The number of likely N-dealkylation sites (tertiary alicyclic amines) is 1. The van der Waals surface area contributed by atoms with Crippen LogP contribution in [0.25, 0.3) is 0 Å². The molecule has 2 fully saturated rings. The number of imide groups is 1. The summed E-state index contributed by atoms with van der Waals surface area (Å²) < 4.78 is 5.35. The van der Waals surface area contributed by atoms with Crippen molar-refractivity contribution in [1.29, 1.82) is 0 Å². The third kappa shape index (κ3) is 4.03. The molecule has 1 atom stereocenters. The molecule has 144 valence electrons. The molecule has 0 aliphatic carbocycles. The fraction of sp³-hybridized carbons (Fsp3) is 0.579. The number of halogens is 1. The third-order valence-electron chi connectivity index (χ3n) is 5.53. The van der Waals surface area contributed by atoms with E-state index in [1.54, 1.807) is 0 Å². The first-order valence-corrected chi connectivity index (χ1v) is 9.08. The highest BCUT2D eigenvalue weighted by molar-refractivity contribution is 6.03. The smallest absolute Gasteiger partial charge is 0.239 e. The topological polar surface area (TPSA) is 75.9 Å². The first kappa shape index (κ1) is 20.7. The lowest BCUT2D eigenvalue weighted by Crippen LogP contribution is -2.55. The number of nitrogen functional groups attached to an aromatic ring is 1. The Bertz CT molecular complexity index is 631. The number of anilines is 1. The fourth-order valence-electron chi connectivity index (χ4n) is 3.83. The number of benzene rings is 1. The average Bonchev–Trinajstić information content (AvgIpc) is 2.64. The van der Waals surface area contributed by atoms with Crippen molar-refractivity contribution in [3.8, 4) is 0 Å². The van der Waals surface area contributed by atoms with Crippen molar-refractivity contribution in [1.82, 2.24) is 9.80 Å². The lowest BCUT2D eigenvalue weighted by atomic mass is 9.71. The van der Waals surface area contributed by atoms with E-state index in [9.17, 15) is 9.59 Å². The number of morpholine rings is 1. The zero-order chi connectivity index (χ0) is 17.9. The molecule has 7 heteroatoms. The van der Waals surface area contributed by atoms with Gasteiger partial charge in [-0.05, 0) is 30.5 Å². The van der Waals surface area contributed by atoms with Crippen molar-refractivity contribution < 1.29 is 14.3 Å². The van der Waals surface area contributed by atoms with Crippen molar-refractivity contribution in [2.75, 3.05) is 45.1 Å². The van der Waals surface area contributed by atoms with Crippen LogP contribution in [0.15, 0.2) is 24.3 Å². The molecule has 1 aromatic carbocycles. The molecule has 0 aromatic heterocycles. The summed E-state index contributed by atoms with van der Waals surface area (Å²) in [5.74, 6) is -0.123. The Labute approximate surface area is 161 Å². The van der Waals surface area contributed by atoms with Crippen LogP contribution in [0.3, 0.4) is 0 Å². The Hall–Kier alpha value is -1.63. The number of nitrogens with two attached hydrogens (primary N) is 1. The molecule has 2 saturated heterocycles. The van der Waals surface area contributed by atoms with Crippen LogP contribution in [0.4, 0.5) is 5.69 Å². The van der Waals surface area contributed by atoms with E-state index in [1.165, 1.54) is 4.90 Å². The minimum Gasteiger partial charge on any atom is -0.399 e. The number of carbonyl (C=O) groups is 2. The predicted molar refractivity (Wildman–Crippen MR) is 103 cm³/mol. The van der Waals surface area contributed by atoms with Gasteiger partial charge in [-0.2, -0.15) is 0 Å². The SMILES string of the molecule is CCC1(c2ccc(N)cc2)CCC(=O)N(CCN2CCOCC2)C1=O.Cl. The Kier molecular flexibility index (Phi) is 7.03. The maximum atomic E-state index is 13.3. The number of piperidine rings is 1. The number of hydrogen-bond acceptors (Lipinski definition) is 5. The number of nitrogens with zero attached hydrogens (tertiary/aromatic N) is 2. The zero-order valence-electron chi connectivity index (χ0n) is 15.3. The lowest BCUT2D eigenvalue weighted by molar-refractivity contribution is -0.154. The molecule has 3 rings (SSSR count). The normalized spacial score (nSPS) is 24.4. The van der Waals surface area contributed by atoms with Gasteiger partial charge in [0.05, 0.1) is 18.6 Å². The predicted octanol–water partition coefficient (Wildman–Crippen LogP) is 1.82. The molecular formula is C19H28ClN3O3. The van der Waals surface area contributed by atoms with E-state index in [1.807, 2.05) is 31.2 Å². The van der Waals surface area contributed by atoms with Gasteiger partial charge in [-0.25, -0.2) is 0 Å². The van der Waals surface area contributed by atoms with Gasteiger partial charge in [0.15, 0.2) is 0 Å². The highest BCUT2D eigenvalue weighted by Crippen LogP contribution is 2.39. The van der Waals surface area contributed by atoms with Gasteiger partial charge in [0.25, 0.3) is 0 Å². The molecule has 6 nitrogen and oxygen atoms in total. The Morgan fingerprint density at radius 2 is 1.77 bits per heavy atom. The second-order valence-electron chi connectivity index (χ2n) is 6.86. The summed E-state index contributed by atoms with van der Waals surface area (Å²) in [6.45, 7) is 6.32. The van der Waals surface area contributed by atoms with E-state index >= 15 is 0 Å². The quantitative estimate of drug-likeness (QED) is 0.622. The number of hydrogen-bond donors (Lipinski definition) is 1. The van der Waals surface area contributed by atoms with E-state index in [-0.39, 0.29) is 24.2 Å². The van der Waals surface area contributed by atoms with Gasteiger partial charge in [0, 0.05) is 38.3 Å². The fourth-order valence-corrected chi connectivity index (χ4v) is 3.83. The van der Waals surface area contributed by atoms with Crippen molar-refractivity contribution in [2.45, 2.75) is 31.6 Å². The first-order chi connectivity index (χ1) is 12.1. The van der Waals surface area contributed by atoms with E-state index in [2.05, 4.69) is 4.90 Å². The molecule has 0 radical (unpaired) electrons. The van der Waals surface area contributed by atoms with Gasteiger partial charge in [0.2, 0.25) is 11.8 Å². The molecule has 2 heterocycles. The van der Waals surface area contributed by atoms with Gasteiger partial charge >= 0.3 is 0 Å². The monoisotopic (exact) mass is 381 g/mol. The average molecular weight is 382 g/mol. The molecule has 1 unspecified atom stereocenters. The summed E-state index contributed by atoms with van der Waals surface area (Å²) in [5, 5.41) is 0. The van der Waals surface area contributed by atoms with Crippen LogP contribution in [0, 0.1) is 0 Å². The Morgan fingerprint density at radius 3 is 2.38 bits per heavy atom. The van der Waals surface area contributed by atoms with Crippen molar-refractivity contribution in [3.63, 3.8) is 0 Å². The van der Waals surface area contributed by atoms with Gasteiger partial charge in [-0.1, -0.05) is 19.1 Å². The van der Waals surface area contributed by atoms with Crippen LogP contribution in [0.1, 0.15) is 31.7 Å².